The Morgan fingerprint density at radius 1 is 0.500 bits per heavy atom. The lowest BCUT2D eigenvalue weighted by Crippen LogP contribution is -2.19. The lowest BCUT2D eigenvalue weighted by molar-refractivity contribution is 0.415. The van der Waals surface area contributed by atoms with Crippen LogP contribution in [0.25, 0.3) is 5.31 Å². The van der Waals surface area contributed by atoms with Gasteiger partial charge in [-0.3, -0.25) is 0 Å². The van der Waals surface area contributed by atoms with Crippen LogP contribution in [0.3, 0.4) is 0 Å². The van der Waals surface area contributed by atoms with Crippen LogP contribution in [-0.4, -0.2) is 7.11 Å². The van der Waals surface area contributed by atoms with E-state index in [1.165, 1.54) is 0 Å². The maximum absolute atomic E-state index is 15.9. The van der Waals surface area contributed by atoms with Crippen molar-refractivity contribution in [2.75, 3.05) is 7.11 Å². The van der Waals surface area contributed by atoms with Crippen LogP contribution >= 0.6 is 14.3 Å². The summed E-state index contributed by atoms with van der Waals surface area (Å²) in [6, 6.07) is 53.2. The van der Waals surface area contributed by atoms with Crippen molar-refractivity contribution in [3.8, 4) is 17.6 Å². The Kier molecular flexibility index (Phi) is 9.33. The lowest BCUT2D eigenvalue weighted by atomic mass is 10.1. The second-order valence-corrected chi connectivity index (χ2v) is 16.0. The fourth-order valence-electron chi connectivity index (χ4n) is 5.35. The molecule has 0 fully saturated rings. The molecule has 0 bridgehead atoms. The van der Waals surface area contributed by atoms with E-state index in [0.29, 0.717) is 26.5 Å². The topological polar surface area (TPSA) is 43.4 Å². The summed E-state index contributed by atoms with van der Waals surface area (Å²) in [6.45, 7) is 0. The van der Waals surface area contributed by atoms with Crippen LogP contribution in [0.15, 0.2) is 176 Å². The van der Waals surface area contributed by atoms with Gasteiger partial charge in [0.25, 0.3) is 0 Å². The molecular weight excluding hydrogens is 602 g/mol. The van der Waals surface area contributed by atoms with E-state index in [0.717, 1.165) is 22.4 Å². The molecule has 6 rings (SSSR count). The van der Waals surface area contributed by atoms with E-state index in [1.807, 2.05) is 170 Å². The molecule has 224 valence electrons. The zero-order valence-corrected chi connectivity index (χ0v) is 27.2. The minimum atomic E-state index is -3.54. The van der Waals surface area contributed by atoms with Gasteiger partial charge in [-0.1, -0.05) is 145 Å². The number of ether oxygens (including phenoxy) is 1. The highest BCUT2D eigenvalue weighted by atomic mass is 31.2. The normalized spacial score (nSPS) is 11.7. The standard InChI is InChI=1S/C41H32O3P2/c1-44-36-30-26-34(27-31-36)23-22-33-24-28-35(29-25-33)41(46(43,39-18-10-4-11-19-39)40-20-12-5-13-21-40)32-45(42,37-14-6-2-7-15-37)38-16-8-3-9-17-38/h2-21,24-32H,1H3/b41-32+. The van der Waals surface area contributed by atoms with Crippen molar-refractivity contribution in [3.63, 3.8) is 0 Å². The van der Waals surface area contributed by atoms with Gasteiger partial charge in [-0.25, -0.2) is 0 Å². The molecule has 0 N–H and O–H groups in total. The van der Waals surface area contributed by atoms with Crippen LogP contribution in [-0.2, 0) is 9.13 Å². The third kappa shape index (κ3) is 6.47. The van der Waals surface area contributed by atoms with Crippen molar-refractivity contribution in [3.05, 3.63) is 192 Å². The molecule has 0 radical (unpaired) electrons. The van der Waals surface area contributed by atoms with E-state index in [-0.39, 0.29) is 0 Å². The largest absolute Gasteiger partial charge is 0.497 e. The Balaban J connectivity index is 1.57. The summed E-state index contributed by atoms with van der Waals surface area (Å²) >= 11 is 0. The molecule has 3 nitrogen and oxygen atoms in total. The van der Waals surface area contributed by atoms with Gasteiger partial charge in [0, 0.05) is 37.7 Å². The number of rotatable bonds is 8. The second kappa shape index (κ2) is 13.9. The van der Waals surface area contributed by atoms with E-state index in [2.05, 4.69) is 11.8 Å². The van der Waals surface area contributed by atoms with Gasteiger partial charge >= 0.3 is 0 Å². The fraction of sp³-hybridized carbons (Fsp3) is 0.0244. The highest BCUT2D eigenvalue weighted by Crippen LogP contribution is 2.61. The number of benzene rings is 6. The molecule has 0 atom stereocenters. The molecule has 0 amide bonds. The molecule has 46 heavy (non-hydrogen) atoms. The fourth-order valence-corrected chi connectivity index (χ4v) is 11.4. The van der Waals surface area contributed by atoms with Crippen LogP contribution < -0.4 is 26.0 Å². The first kappa shape index (κ1) is 30.9. The van der Waals surface area contributed by atoms with E-state index in [4.69, 9.17) is 4.74 Å². The summed E-state index contributed by atoms with van der Waals surface area (Å²) in [5.41, 5.74) is 2.40. The zero-order valence-electron chi connectivity index (χ0n) is 25.4. The molecule has 0 aliphatic rings. The molecule has 0 heterocycles. The van der Waals surface area contributed by atoms with Crippen LogP contribution in [0.1, 0.15) is 16.7 Å². The van der Waals surface area contributed by atoms with E-state index in [9.17, 15) is 0 Å². The first-order valence-electron chi connectivity index (χ1n) is 14.9. The Morgan fingerprint density at radius 2 is 0.870 bits per heavy atom. The highest BCUT2D eigenvalue weighted by molar-refractivity contribution is 7.89. The Morgan fingerprint density at radius 3 is 1.26 bits per heavy atom. The molecule has 0 aromatic heterocycles. The quantitative estimate of drug-likeness (QED) is 0.125. The van der Waals surface area contributed by atoms with Crippen LogP contribution in [0.5, 0.6) is 5.75 Å². The minimum Gasteiger partial charge on any atom is -0.497 e. The van der Waals surface area contributed by atoms with E-state index < -0.39 is 14.3 Å². The van der Waals surface area contributed by atoms with Crippen LogP contribution in [0.4, 0.5) is 0 Å². The van der Waals surface area contributed by atoms with Gasteiger partial charge in [0.2, 0.25) is 0 Å². The maximum atomic E-state index is 15.9. The Labute approximate surface area is 271 Å². The van der Waals surface area contributed by atoms with Crippen molar-refractivity contribution < 1.29 is 13.9 Å². The molecule has 0 aliphatic heterocycles. The van der Waals surface area contributed by atoms with Gasteiger partial charge in [0.1, 0.15) is 5.75 Å². The number of hydrogen-bond donors (Lipinski definition) is 0. The summed E-state index contributed by atoms with van der Waals surface area (Å²) < 4.78 is 36.6. The lowest BCUT2D eigenvalue weighted by Gasteiger charge is -2.26. The van der Waals surface area contributed by atoms with Gasteiger partial charge in [-0.05, 0) is 47.8 Å². The average molecular weight is 635 g/mol. The molecule has 6 aromatic rings. The first-order valence-corrected chi connectivity index (χ1v) is 18.4. The van der Waals surface area contributed by atoms with Gasteiger partial charge in [0.15, 0.2) is 14.3 Å². The molecule has 5 heteroatoms. The second-order valence-electron chi connectivity index (χ2n) is 10.7. The smallest absolute Gasteiger partial charge is 0.171 e. The molecule has 0 spiro atoms. The average Bonchev–Trinajstić information content (AvgIpc) is 3.14. The van der Waals surface area contributed by atoms with E-state index >= 15 is 9.13 Å². The molecule has 0 saturated heterocycles. The third-order valence-electron chi connectivity index (χ3n) is 7.78. The SMILES string of the molecule is COc1ccc(C#Cc2ccc(/C(=C\P(=O)(c3ccccc3)c3ccccc3)P(=O)(c3ccccc3)c3ccccc3)cc2)cc1. The highest BCUT2D eigenvalue weighted by Gasteiger charge is 2.36. The number of hydrogen-bond acceptors (Lipinski definition) is 3. The van der Waals surface area contributed by atoms with Crippen LogP contribution in [0.2, 0.25) is 0 Å². The van der Waals surface area contributed by atoms with Crippen molar-refractivity contribution >= 4 is 40.8 Å². The van der Waals surface area contributed by atoms with Crippen molar-refractivity contribution in [1.82, 2.24) is 0 Å². The molecular formula is C41H32O3P2. The summed E-state index contributed by atoms with van der Waals surface area (Å²) in [7, 11) is -5.33. The minimum absolute atomic E-state index is 0.524. The first-order chi connectivity index (χ1) is 22.5. The van der Waals surface area contributed by atoms with Gasteiger partial charge in [-0.2, -0.15) is 0 Å². The summed E-state index contributed by atoms with van der Waals surface area (Å²) in [5, 5.41) is 3.21. The van der Waals surface area contributed by atoms with Gasteiger partial charge < -0.3 is 13.9 Å². The molecule has 0 saturated carbocycles. The summed E-state index contributed by atoms with van der Waals surface area (Å²) in [5.74, 6) is 9.00. The Bertz CT molecular complexity index is 2010. The van der Waals surface area contributed by atoms with Gasteiger partial charge in [-0.15, -0.1) is 0 Å². The van der Waals surface area contributed by atoms with Crippen LogP contribution in [0, 0.1) is 11.8 Å². The summed E-state index contributed by atoms with van der Waals surface area (Å²) in [4.78, 5) is 0. The molecule has 0 aliphatic carbocycles. The molecule has 6 aromatic carbocycles. The van der Waals surface area contributed by atoms with Crippen molar-refractivity contribution in [2.45, 2.75) is 0 Å². The third-order valence-corrected chi connectivity index (χ3v) is 13.9. The zero-order chi connectivity index (χ0) is 31.8. The molecule has 0 unspecified atom stereocenters. The van der Waals surface area contributed by atoms with E-state index in [1.54, 1.807) is 12.9 Å². The summed E-state index contributed by atoms with van der Waals surface area (Å²) in [6.07, 6.45) is 0. The predicted octanol–water partition coefficient (Wildman–Crippen LogP) is 8.42. The predicted molar refractivity (Wildman–Crippen MR) is 193 cm³/mol. The van der Waals surface area contributed by atoms with Gasteiger partial charge in [0.05, 0.1) is 7.11 Å². The van der Waals surface area contributed by atoms with Crippen molar-refractivity contribution in [2.24, 2.45) is 0 Å². The Hall–Kier alpha value is -5.12. The van der Waals surface area contributed by atoms with Crippen molar-refractivity contribution in [1.29, 1.82) is 0 Å². The number of methoxy groups -OCH3 is 1. The maximum Gasteiger partial charge on any atom is 0.171 e. The monoisotopic (exact) mass is 634 g/mol.